The smallest absolute Gasteiger partial charge is 0.261 e. The SMILES string of the molecule is CCCNC(=O)C(Cc1ccccc1)N(Cc1ccccc1Cl)C(=O)COc1ccc(C(C)(C)C)cc1. The Balaban J connectivity index is 1.87. The van der Waals surface area contributed by atoms with Crippen molar-refractivity contribution in [1.29, 1.82) is 0 Å². The third kappa shape index (κ3) is 8.36. The van der Waals surface area contributed by atoms with Gasteiger partial charge in [0.05, 0.1) is 0 Å². The zero-order chi connectivity index (χ0) is 26.8. The van der Waals surface area contributed by atoms with Gasteiger partial charge in [-0.25, -0.2) is 0 Å². The molecule has 3 aromatic carbocycles. The zero-order valence-electron chi connectivity index (χ0n) is 22.2. The van der Waals surface area contributed by atoms with E-state index >= 15 is 0 Å². The fraction of sp³-hybridized carbons (Fsp3) is 0.355. The van der Waals surface area contributed by atoms with Crippen LogP contribution in [0.25, 0.3) is 0 Å². The van der Waals surface area contributed by atoms with Crippen molar-refractivity contribution >= 4 is 23.4 Å². The van der Waals surface area contributed by atoms with E-state index in [2.05, 4.69) is 26.1 Å². The summed E-state index contributed by atoms with van der Waals surface area (Å²) in [6.07, 6.45) is 1.18. The Morgan fingerprint density at radius 2 is 1.59 bits per heavy atom. The lowest BCUT2D eigenvalue weighted by atomic mass is 9.87. The topological polar surface area (TPSA) is 58.6 Å². The third-order valence-electron chi connectivity index (χ3n) is 6.20. The minimum Gasteiger partial charge on any atom is -0.484 e. The number of hydrogen-bond donors (Lipinski definition) is 1. The summed E-state index contributed by atoms with van der Waals surface area (Å²) in [7, 11) is 0. The molecule has 0 saturated carbocycles. The Labute approximate surface area is 225 Å². The molecule has 0 spiro atoms. The molecule has 0 bridgehead atoms. The van der Waals surface area contributed by atoms with Crippen molar-refractivity contribution < 1.29 is 14.3 Å². The molecule has 0 aliphatic heterocycles. The van der Waals surface area contributed by atoms with Gasteiger partial charge in [-0.3, -0.25) is 9.59 Å². The second kappa shape index (κ2) is 13.3. The van der Waals surface area contributed by atoms with Crippen molar-refractivity contribution in [2.45, 2.75) is 58.5 Å². The van der Waals surface area contributed by atoms with Gasteiger partial charge in [0.25, 0.3) is 5.91 Å². The fourth-order valence-corrected chi connectivity index (χ4v) is 4.20. The van der Waals surface area contributed by atoms with Crippen LogP contribution < -0.4 is 10.1 Å². The van der Waals surface area contributed by atoms with Crippen LogP contribution in [-0.2, 0) is 28.0 Å². The first-order chi connectivity index (χ1) is 17.7. The molecule has 3 rings (SSSR count). The van der Waals surface area contributed by atoms with Crippen LogP contribution in [0.4, 0.5) is 0 Å². The number of halogens is 1. The molecular formula is C31H37ClN2O3. The molecule has 0 fully saturated rings. The van der Waals surface area contributed by atoms with Gasteiger partial charge in [-0.15, -0.1) is 0 Å². The second-order valence-electron chi connectivity index (χ2n) is 10.2. The van der Waals surface area contributed by atoms with E-state index < -0.39 is 6.04 Å². The molecule has 0 heterocycles. The quantitative estimate of drug-likeness (QED) is 0.328. The maximum Gasteiger partial charge on any atom is 0.261 e. The number of nitrogens with zero attached hydrogens (tertiary/aromatic N) is 1. The summed E-state index contributed by atoms with van der Waals surface area (Å²) in [5.41, 5.74) is 2.95. The highest BCUT2D eigenvalue weighted by atomic mass is 35.5. The average molecular weight is 521 g/mol. The molecule has 6 heteroatoms. The van der Waals surface area contributed by atoms with E-state index in [0.717, 1.165) is 17.5 Å². The first-order valence-corrected chi connectivity index (χ1v) is 13.1. The minimum atomic E-state index is -0.718. The molecule has 196 valence electrons. The number of ether oxygens (including phenoxy) is 1. The van der Waals surface area contributed by atoms with Gasteiger partial charge in [-0.2, -0.15) is 0 Å². The molecule has 0 saturated heterocycles. The van der Waals surface area contributed by atoms with Crippen molar-refractivity contribution in [2.24, 2.45) is 0 Å². The summed E-state index contributed by atoms with van der Waals surface area (Å²) in [5.74, 6) is 0.127. The van der Waals surface area contributed by atoms with Crippen LogP contribution in [0.2, 0.25) is 5.02 Å². The number of hydrogen-bond acceptors (Lipinski definition) is 3. The maximum absolute atomic E-state index is 13.6. The van der Waals surface area contributed by atoms with Crippen molar-refractivity contribution in [1.82, 2.24) is 10.2 Å². The Hall–Kier alpha value is -3.31. The summed E-state index contributed by atoms with van der Waals surface area (Å²) in [4.78, 5) is 28.6. The van der Waals surface area contributed by atoms with E-state index in [0.29, 0.717) is 23.7 Å². The highest BCUT2D eigenvalue weighted by Crippen LogP contribution is 2.25. The predicted molar refractivity (Wildman–Crippen MR) is 150 cm³/mol. The highest BCUT2D eigenvalue weighted by Gasteiger charge is 2.31. The summed E-state index contributed by atoms with van der Waals surface area (Å²) in [5, 5.41) is 3.52. The number of carbonyl (C=O) groups is 2. The fourth-order valence-electron chi connectivity index (χ4n) is 4.01. The number of amides is 2. The van der Waals surface area contributed by atoms with E-state index in [1.165, 1.54) is 5.56 Å². The van der Waals surface area contributed by atoms with Gasteiger partial charge >= 0.3 is 0 Å². The molecule has 0 aliphatic carbocycles. The molecule has 3 aromatic rings. The summed E-state index contributed by atoms with van der Waals surface area (Å²) >= 11 is 6.46. The molecule has 5 nitrogen and oxygen atoms in total. The van der Waals surface area contributed by atoms with Gasteiger partial charge in [-0.05, 0) is 46.7 Å². The number of benzene rings is 3. The van der Waals surface area contributed by atoms with Crippen molar-refractivity contribution in [3.63, 3.8) is 0 Å². The molecule has 2 amide bonds. The molecule has 0 aliphatic rings. The molecule has 1 unspecified atom stereocenters. The van der Waals surface area contributed by atoms with Crippen LogP contribution in [0.5, 0.6) is 5.75 Å². The number of nitrogens with one attached hydrogen (secondary N) is 1. The molecule has 0 aromatic heterocycles. The van der Waals surface area contributed by atoms with Crippen LogP contribution in [0.1, 0.15) is 50.8 Å². The van der Waals surface area contributed by atoms with Gasteiger partial charge in [0.15, 0.2) is 6.61 Å². The van der Waals surface area contributed by atoms with E-state index in [4.69, 9.17) is 16.3 Å². The Morgan fingerprint density at radius 3 is 2.22 bits per heavy atom. The van der Waals surface area contributed by atoms with E-state index in [1.807, 2.05) is 79.7 Å². The van der Waals surface area contributed by atoms with Gasteiger partial charge in [-0.1, -0.05) is 100.0 Å². The predicted octanol–water partition coefficient (Wildman–Crippen LogP) is 6.18. The molecule has 1 atom stereocenters. The van der Waals surface area contributed by atoms with E-state index in [1.54, 1.807) is 11.0 Å². The normalized spacial score (nSPS) is 12.0. The van der Waals surface area contributed by atoms with Gasteiger partial charge in [0, 0.05) is 24.5 Å². The Bertz CT molecular complexity index is 1160. The van der Waals surface area contributed by atoms with Gasteiger partial charge in [0.2, 0.25) is 5.91 Å². The average Bonchev–Trinajstić information content (AvgIpc) is 2.89. The largest absolute Gasteiger partial charge is 0.484 e. The minimum absolute atomic E-state index is 0.0244. The Morgan fingerprint density at radius 1 is 0.946 bits per heavy atom. The lowest BCUT2D eigenvalue weighted by molar-refractivity contribution is -0.142. The van der Waals surface area contributed by atoms with Crippen LogP contribution in [0, 0.1) is 0 Å². The second-order valence-corrected chi connectivity index (χ2v) is 10.6. The molecular weight excluding hydrogens is 484 g/mol. The zero-order valence-corrected chi connectivity index (χ0v) is 22.9. The molecule has 37 heavy (non-hydrogen) atoms. The number of rotatable bonds is 11. The first kappa shape index (κ1) is 28.3. The van der Waals surface area contributed by atoms with Crippen molar-refractivity contribution in [3.05, 3.63) is 101 Å². The Kier molecular flexibility index (Phi) is 10.2. The third-order valence-corrected chi connectivity index (χ3v) is 6.57. The van der Waals surface area contributed by atoms with Crippen LogP contribution in [0.3, 0.4) is 0 Å². The summed E-state index contributed by atoms with van der Waals surface area (Å²) in [6, 6.07) is 24.2. The monoisotopic (exact) mass is 520 g/mol. The number of carbonyl (C=O) groups excluding carboxylic acids is 2. The van der Waals surface area contributed by atoms with E-state index in [9.17, 15) is 9.59 Å². The lowest BCUT2D eigenvalue weighted by Gasteiger charge is -2.31. The van der Waals surface area contributed by atoms with Crippen LogP contribution in [-0.4, -0.2) is 35.9 Å². The molecule has 1 N–H and O–H groups in total. The van der Waals surface area contributed by atoms with Gasteiger partial charge < -0.3 is 15.0 Å². The van der Waals surface area contributed by atoms with Crippen molar-refractivity contribution in [3.8, 4) is 5.75 Å². The standard InChI is InChI=1S/C31H37ClN2O3/c1-5-19-33-30(36)28(20-23-11-7-6-8-12-23)34(21-24-13-9-10-14-27(24)32)29(35)22-37-26-17-15-25(16-18-26)31(2,3)4/h6-18,28H,5,19-22H2,1-4H3,(H,33,36). The van der Waals surface area contributed by atoms with Crippen molar-refractivity contribution in [2.75, 3.05) is 13.2 Å². The molecule has 0 radical (unpaired) electrons. The maximum atomic E-state index is 13.6. The van der Waals surface area contributed by atoms with Gasteiger partial charge in [0.1, 0.15) is 11.8 Å². The summed E-state index contributed by atoms with van der Waals surface area (Å²) in [6.45, 7) is 8.99. The van der Waals surface area contributed by atoms with Crippen LogP contribution >= 0.6 is 11.6 Å². The first-order valence-electron chi connectivity index (χ1n) is 12.8. The van der Waals surface area contributed by atoms with E-state index in [-0.39, 0.29) is 30.4 Å². The lowest BCUT2D eigenvalue weighted by Crippen LogP contribution is -2.51. The summed E-state index contributed by atoms with van der Waals surface area (Å²) < 4.78 is 5.89. The van der Waals surface area contributed by atoms with Crippen LogP contribution in [0.15, 0.2) is 78.9 Å². The highest BCUT2D eigenvalue weighted by molar-refractivity contribution is 6.31.